The molecular weight excluding hydrogens is 268 g/mol. The Labute approximate surface area is 125 Å². The number of fused-ring (bicyclic) bond motifs is 1. The fourth-order valence-electron chi connectivity index (χ4n) is 2.55. The van der Waals surface area contributed by atoms with Crippen LogP contribution in [0.4, 0.5) is 10.5 Å². The van der Waals surface area contributed by atoms with Gasteiger partial charge in [-0.1, -0.05) is 0 Å². The number of aliphatic hydroxyl groups excluding tert-OH is 1. The smallest absolute Gasteiger partial charge is 0.317 e. The van der Waals surface area contributed by atoms with E-state index in [9.17, 15) is 9.90 Å². The van der Waals surface area contributed by atoms with Crippen LogP contribution >= 0.6 is 0 Å². The summed E-state index contributed by atoms with van der Waals surface area (Å²) in [6.45, 7) is 5.03. The Hall–Kier alpha value is -1.82. The van der Waals surface area contributed by atoms with Crippen molar-refractivity contribution in [1.29, 1.82) is 0 Å². The van der Waals surface area contributed by atoms with Gasteiger partial charge in [0.05, 0.1) is 30.6 Å². The van der Waals surface area contributed by atoms with Crippen molar-refractivity contribution in [2.45, 2.75) is 38.9 Å². The van der Waals surface area contributed by atoms with Crippen molar-refractivity contribution in [3.8, 4) is 0 Å². The van der Waals surface area contributed by atoms with E-state index >= 15 is 0 Å². The second-order valence-electron chi connectivity index (χ2n) is 5.73. The molecule has 116 valence electrons. The second-order valence-corrected chi connectivity index (χ2v) is 5.73. The summed E-state index contributed by atoms with van der Waals surface area (Å²) in [6, 6.07) is 3.87. The summed E-state index contributed by atoms with van der Waals surface area (Å²) in [5.41, 5.74) is 1.83. The number of rotatable bonds is 2. The normalized spacial score (nSPS) is 19.0. The molecule has 0 fully saturated rings. The maximum Gasteiger partial charge on any atom is 0.317 e. The number of carbonyl (C=O) groups excluding carboxylic acids is 1. The van der Waals surface area contributed by atoms with Crippen LogP contribution in [0, 0.1) is 0 Å². The van der Waals surface area contributed by atoms with Crippen LogP contribution in [-0.2, 0) is 6.54 Å². The summed E-state index contributed by atoms with van der Waals surface area (Å²) in [7, 11) is 1.96. The van der Waals surface area contributed by atoms with Crippen LogP contribution in [-0.4, -0.2) is 53.3 Å². The first kappa shape index (κ1) is 15.6. The summed E-state index contributed by atoms with van der Waals surface area (Å²) in [4.78, 5) is 20.5. The standard InChI is InChI=1S/C15H24N4O2/c1-11(2)17-15(21)19-8-6-12(10-20)18(3)14-5-4-7-16-13(14)9-19/h4-5,7,11-12,20H,6,8-10H2,1-3H3,(H,17,21)/t12-/m0/s1. The van der Waals surface area contributed by atoms with Crippen molar-refractivity contribution in [3.63, 3.8) is 0 Å². The van der Waals surface area contributed by atoms with E-state index in [1.165, 1.54) is 0 Å². The molecule has 0 radical (unpaired) electrons. The molecule has 2 N–H and O–H groups in total. The third kappa shape index (κ3) is 3.64. The molecule has 0 spiro atoms. The molecule has 1 aliphatic heterocycles. The third-order valence-corrected chi connectivity index (χ3v) is 3.78. The molecule has 0 saturated carbocycles. The zero-order valence-electron chi connectivity index (χ0n) is 12.9. The Morgan fingerprint density at radius 2 is 2.33 bits per heavy atom. The molecule has 21 heavy (non-hydrogen) atoms. The van der Waals surface area contributed by atoms with Crippen LogP contribution in [0.3, 0.4) is 0 Å². The molecule has 6 nitrogen and oxygen atoms in total. The molecule has 6 heteroatoms. The van der Waals surface area contributed by atoms with Crippen molar-refractivity contribution in [3.05, 3.63) is 24.0 Å². The molecule has 2 rings (SSSR count). The Morgan fingerprint density at radius 1 is 1.57 bits per heavy atom. The number of pyridine rings is 1. The maximum absolute atomic E-state index is 12.3. The predicted octanol–water partition coefficient (Wildman–Crippen LogP) is 1.20. The van der Waals surface area contributed by atoms with Gasteiger partial charge in [0.15, 0.2) is 0 Å². The van der Waals surface area contributed by atoms with Gasteiger partial charge in [-0.05, 0) is 32.4 Å². The van der Waals surface area contributed by atoms with Gasteiger partial charge in [-0.2, -0.15) is 0 Å². The quantitative estimate of drug-likeness (QED) is 0.859. The highest BCUT2D eigenvalue weighted by molar-refractivity contribution is 5.74. The van der Waals surface area contributed by atoms with E-state index in [0.717, 1.165) is 17.8 Å². The van der Waals surface area contributed by atoms with E-state index in [1.807, 2.05) is 33.0 Å². The van der Waals surface area contributed by atoms with Gasteiger partial charge in [0, 0.05) is 25.8 Å². The predicted molar refractivity (Wildman–Crippen MR) is 82.2 cm³/mol. The Bertz CT molecular complexity index is 492. The zero-order chi connectivity index (χ0) is 15.4. The van der Waals surface area contributed by atoms with Crippen molar-refractivity contribution in [2.75, 3.05) is 25.1 Å². The first-order valence-electron chi connectivity index (χ1n) is 7.36. The van der Waals surface area contributed by atoms with Crippen molar-refractivity contribution in [1.82, 2.24) is 15.2 Å². The van der Waals surface area contributed by atoms with E-state index in [2.05, 4.69) is 15.2 Å². The van der Waals surface area contributed by atoms with Crippen LogP contribution in [0.5, 0.6) is 0 Å². The Balaban J connectivity index is 2.27. The average Bonchev–Trinajstić information content (AvgIpc) is 2.44. The maximum atomic E-state index is 12.3. The first-order chi connectivity index (χ1) is 10.0. The number of aliphatic hydroxyl groups is 1. The summed E-state index contributed by atoms with van der Waals surface area (Å²) in [5.74, 6) is 0. The average molecular weight is 292 g/mol. The van der Waals surface area contributed by atoms with Crippen LogP contribution in [0.15, 0.2) is 18.3 Å². The van der Waals surface area contributed by atoms with Crippen molar-refractivity contribution in [2.24, 2.45) is 0 Å². The molecule has 1 aromatic rings. The number of anilines is 1. The molecule has 2 amide bonds. The first-order valence-corrected chi connectivity index (χ1v) is 7.36. The number of hydrogen-bond donors (Lipinski definition) is 2. The van der Waals surface area contributed by atoms with Gasteiger partial charge in [-0.25, -0.2) is 4.79 Å². The highest BCUT2D eigenvalue weighted by Crippen LogP contribution is 2.24. The fraction of sp³-hybridized carbons (Fsp3) is 0.600. The monoisotopic (exact) mass is 292 g/mol. The fourth-order valence-corrected chi connectivity index (χ4v) is 2.55. The molecule has 0 aliphatic carbocycles. The van der Waals surface area contributed by atoms with E-state index in [1.54, 1.807) is 11.1 Å². The number of likely N-dealkylation sites (N-methyl/N-ethyl adjacent to an activating group) is 1. The lowest BCUT2D eigenvalue weighted by atomic mass is 10.1. The van der Waals surface area contributed by atoms with Gasteiger partial charge >= 0.3 is 6.03 Å². The molecule has 0 aromatic carbocycles. The van der Waals surface area contributed by atoms with Gasteiger partial charge in [0.2, 0.25) is 0 Å². The molecule has 1 atom stereocenters. The van der Waals surface area contributed by atoms with Crippen molar-refractivity contribution >= 4 is 11.7 Å². The minimum absolute atomic E-state index is 0.0115. The third-order valence-electron chi connectivity index (χ3n) is 3.78. The second kappa shape index (κ2) is 6.76. The number of urea groups is 1. The summed E-state index contributed by atoms with van der Waals surface area (Å²) < 4.78 is 0. The molecule has 2 heterocycles. The Kier molecular flexibility index (Phi) is 5.01. The number of aromatic nitrogens is 1. The number of nitrogens with zero attached hydrogens (tertiary/aromatic N) is 3. The molecule has 0 saturated heterocycles. The largest absolute Gasteiger partial charge is 0.394 e. The van der Waals surface area contributed by atoms with E-state index in [4.69, 9.17) is 0 Å². The number of nitrogens with one attached hydrogen (secondary N) is 1. The van der Waals surface area contributed by atoms with Gasteiger partial charge in [-0.3, -0.25) is 4.98 Å². The lowest BCUT2D eigenvalue weighted by Gasteiger charge is -2.35. The lowest BCUT2D eigenvalue weighted by molar-refractivity contribution is 0.181. The minimum Gasteiger partial charge on any atom is -0.394 e. The highest BCUT2D eigenvalue weighted by Gasteiger charge is 2.25. The topological polar surface area (TPSA) is 68.7 Å². The summed E-state index contributed by atoms with van der Waals surface area (Å²) in [5, 5.41) is 12.5. The SMILES string of the molecule is CC(C)NC(=O)N1CC[C@@H](CO)N(C)c2cccnc2C1. The molecule has 1 aliphatic rings. The van der Waals surface area contributed by atoms with E-state index in [-0.39, 0.29) is 24.7 Å². The molecule has 0 unspecified atom stereocenters. The molecule has 0 bridgehead atoms. The summed E-state index contributed by atoms with van der Waals surface area (Å²) in [6.07, 6.45) is 2.47. The zero-order valence-corrected chi connectivity index (χ0v) is 12.9. The van der Waals surface area contributed by atoms with E-state index < -0.39 is 0 Å². The molecular formula is C15H24N4O2. The van der Waals surface area contributed by atoms with Gasteiger partial charge < -0.3 is 20.2 Å². The summed E-state index contributed by atoms with van der Waals surface area (Å²) >= 11 is 0. The number of carbonyl (C=O) groups is 1. The van der Waals surface area contributed by atoms with E-state index in [0.29, 0.717) is 13.1 Å². The van der Waals surface area contributed by atoms with Gasteiger partial charge in [-0.15, -0.1) is 0 Å². The van der Waals surface area contributed by atoms with Gasteiger partial charge in [0.1, 0.15) is 0 Å². The molecule has 1 aromatic heterocycles. The van der Waals surface area contributed by atoms with Crippen molar-refractivity contribution < 1.29 is 9.90 Å². The van der Waals surface area contributed by atoms with Crippen LogP contribution in [0.1, 0.15) is 26.0 Å². The van der Waals surface area contributed by atoms with Crippen LogP contribution in [0.2, 0.25) is 0 Å². The van der Waals surface area contributed by atoms with Gasteiger partial charge in [0.25, 0.3) is 0 Å². The van der Waals surface area contributed by atoms with Crippen LogP contribution in [0.25, 0.3) is 0 Å². The number of hydrogen-bond acceptors (Lipinski definition) is 4. The van der Waals surface area contributed by atoms with Crippen LogP contribution < -0.4 is 10.2 Å². The Morgan fingerprint density at radius 3 is 3.00 bits per heavy atom. The number of amides is 2. The lowest BCUT2D eigenvalue weighted by Crippen LogP contribution is -2.47. The highest BCUT2D eigenvalue weighted by atomic mass is 16.3. The minimum atomic E-state index is -0.0807.